The number of allylic oxidation sites excluding steroid dienone is 14. The monoisotopic (exact) mass is 948 g/mol. The van der Waals surface area contributed by atoms with Gasteiger partial charge in [0.2, 0.25) is 5.91 Å². The molecule has 0 spiro atoms. The van der Waals surface area contributed by atoms with E-state index in [1.54, 1.807) is 0 Å². The van der Waals surface area contributed by atoms with E-state index in [9.17, 15) is 19.8 Å². The molecule has 0 aromatic heterocycles. The molecule has 3 unspecified atom stereocenters. The van der Waals surface area contributed by atoms with Crippen LogP contribution in [0, 0.1) is 0 Å². The van der Waals surface area contributed by atoms with Gasteiger partial charge in [0.1, 0.15) is 6.10 Å². The number of esters is 1. The van der Waals surface area contributed by atoms with Gasteiger partial charge in [-0.05, 0) is 96.3 Å². The van der Waals surface area contributed by atoms with Crippen LogP contribution >= 0.6 is 0 Å². The van der Waals surface area contributed by atoms with Gasteiger partial charge in [-0.3, -0.25) is 9.59 Å². The summed E-state index contributed by atoms with van der Waals surface area (Å²) in [5.74, 6) is -0.556. The largest absolute Gasteiger partial charge is 0.462 e. The number of unbranched alkanes of at least 4 members (excludes halogenated alkanes) is 25. The molecule has 0 aliphatic heterocycles. The van der Waals surface area contributed by atoms with Crippen molar-refractivity contribution in [2.24, 2.45) is 0 Å². The van der Waals surface area contributed by atoms with Crippen molar-refractivity contribution in [3.05, 3.63) is 85.1 Å². The molecular weight excluding hydrogens is 839 g/mol. The summed E-state index contributed by atoms with van der Waals surface area (Å²) in [7, 11) is 0. The highest BCUT2D eigenvalue weighted by atomic mass is 16.5. The molecule has 1 amide bonds. The number of hydrogen-bond acceptors (Lipinski definition) is 5. The zero-order valence-electron chi connectivity index (χ0n) is 44.7. The van der Waals surface area contributed by atoms with E-state index in [1.807, 2.05) is 0 Å². The Morgan fingerprint density at radius 2 is 0.794 bits per heavy atom. The van der Waals surface area contributed by atoms with E-state index in [-0.39, 0.29) is 24.9 Å². The summed E-state index contributed by atoms with van der Waals surface area (Å²) in [5, 5.41) is 23.9. The maximum Gasteiger partial charge on any atom is 0.306 e. The van der Waals surface area contributed by atoms with Crippen molar-refractivity contribution in [2.75, 3.05) is 6.61 Å². The third-order valence-electron chi connectivity index (χ3n) is 12.7. The van der Waals surface area contributed by atoms with E-state index in [2.05, 4.69) is 111 Å². The molecular formula is C62H109NO5. The maximum atomic E-state index is 13.3. The second-order valence-electron chi connectivity index (χ2n) is 19.3. The lowest BCUT2D eigenvalue weighted by atomic mass is 10.0. The van der Waals surface area contributed by atoms with E-state index in [0.29, 0.717) is 25.7 Å². The maximum absolute atomic E-state index is 13.3. The summed E-state index contributed by atoms with van der Waals surface area (Å²) in [6.45, 7) is 6.35. The fourth-order valence-corrected chi connectivity index (χ4v) is 8.38. The van der Waals surface area contributed by atoms with Gasteiger partial charge in [0.05, 0.1) is 25.2 Å². The number of carbonyl (C=O) groups is 2. The lowest BCUT2D eigenvalue weighted by Crippen LogP contribution is -2.46. The first-order valence-corrected chi connectivity index (χ1v) is 28.8. The highest BCUT2D eigenvalue weighted by Crippen LogP contribution is 2.18. The third-order valence-corrected chi connectivity index (χ3v) is 12.7. The van der Waals surface area contributed by atoms with Crippen LogP contribution in [0.15, 0.2) is 85.1 Å². The Bertz CT molecular complexity index is 1290. The Morgan fingerprint density at radius 3 is 1.24 bits per heavy atom. The Balaban J connectivity index is 4.65. The number of hydrogen-bond donors (Lipinski definition) is 3. The minimum atomic E-state index is -0.806. The topological polar surface area (TPSA) is 95.9 Å². The third kappa shape index (κ3) is 49.5. The summed E-state index contributed by atoms with van der Waals surface area (Å²) >= 11 is 0. The van der Waals surface area contributed by atoms with Crippen molar-refractivity contribution in [1.29, 1.82) is 0 Å². The van der Waals surface area contributed by atoms with E-state index in [1.165, 1.54) is 122 Å². The predicted molar refractivity (Wildman–Crippen MR) is 296 cm³/mol. The van der Waals surface area contributed by atoms with Crippen LogP contribution in [-0.2, 0) is 14.3 Å². The van der Waals surface area contributed by atoms with Gasteiger partial charge < -0.3 is 20.3 Å². The summed E-state index contributed by atoms with van der Waals surface area (Å²) < 4.78 is 5.92. The second-order valence-corrected chi connectivity index (χ2v) is 19.3. The van der Waals surface area contributed by atoms with Crippen molar-refractivity contribution in [2.45, 2.75) is 289 Å². The first kappa shape index (κ1) is 65.0. The lowest BCUT2D eigenvalue weighted by molar-refractivity contribution is -0.151. The van der Waals surface area contributed by atoms with E-state index < -0.39 is 18.2 Å². The quantitative estimate of drug-likeness (QED) is 0.0321. The summed E-state index contributed by atoms with van der Waals surface area (Å²) in [5.41, 5.74) is 0. The lowest BCUT2D eigenvalue weighted by Gasteiger charge is -2.24. The van der Waals surface area contributed by atoms with Crippen molar-refractivity contribution in [3.8, 4) is 0 Å². The van der Waals surface area contributed by atoms with Gasteiger partial charge in [-0.1, -0.05) is 247 Å². The number of carbonyl (C=O) groups excluding carboxylic acids is 2. The minimum absolute atomic E-state index is 0.0424. The molecule has 0 radical (unpaired) electrons. The molecule has 0 aliphatic carbocycles. The predicted octanol–water partition coefficient (Wildman–Crippen LogP) is 17.9. The van der Waals surface area contributed by atoms with Gasteiger partial charge in [0, 0.05) is 6.42 Å². The smallest absolute Gasteiger partial charge is 0.306 e. The molecule has 0 aromatic carbocycles. The van der Waals surface area contributed by atoms with Gasteiger partial charge in [0.15, 0.2) is 0 Å². The zero-order chi connectivity index (χ0) is 49.5. The molecule has 0 heterocycles. The molecule has 0 fully saturated rings. The van der Waals surface area contributed by atoms with Crippen molar-refractivity contribution < 1.29 is 24.5 Å². The molecule has 0 saturated heterocycles. The van der Waals surface area contributed by atoms with Gasteiger partial charge in [-0.25, -0.2) is 0 Å². The Labute approximate surface area is 421 Å². The number of ether oxygens (including phenoxy) is 1. The fraction of sp³-hybridized carbons (Fsp3) is 0.742. The van der Waals surface area contributed by atoms with E-state index in [4.69, 9.17) is 4.74 Å². The zero-order valence-corrected chi connectivity index (χ0v) is 44.7. The Kier molecular flexibility index (Phi) is 52.6. The highest BCUT2D eigenvalue weighted by Gasteiger charge is 2.24. The van der Waals surface area contributed by atoms with Crippen LogP contribution in [0.2, 0.25) is 0 Å². The standard InChI is InChI=1S/C62H109NO5/c1-4-7-10-13-16-19-22-25-28-30-33-36-39-42-45-48-51-54-60(65)59(57-64)63-61(66)56-58(53-50-47-44-41-38-35-32-27-24-21-18-15-12-9-6-3)68-62(67)55-52-49-46-43-40-37-34-31-29-26-23-20-17-14-11-8-5-2/h8,11,17-18,20-21,26-27,29,32,34,37,43,46,58-60,64-65H,4-7,9-10,12-16,19,22-25,28,30-31,33,35-36,38-42,44-45,47-57H2,1-3H3,(H,63,66)/b11-8-,20-17-,21-18-,29-26-,32-27-,37-34-,46-43-. The van der Waals surface area contributed by atoms with Gasteiger partial charge in [-0.15, -0.1) is 0 Å². The summed E-state index contributed by atoms with van der Waals surface area (Å²) in [6.07, 6.45) is 72.2. The van der Waals surface area contributed by atoms with Crippen LogP contribution in [0.5, 0.6) is 0 Å². The summed E-state index contributed by atoms with van der Waals surface area (Å²) in [4.78, 5) is 26.3. The molecule has 6 nitrogen and oxygen atoms in total. The molecule has 0 rings (SSSR count). The normalized spacial score (nSPS) is 13.8. The molecule has 3 atom stereocenters. The van der Waals surface area contributed by atoms with Crippen molar-refractivity contribution >= 4 is 11.9 Å². The number of rotatable bonds is 51. The molecule has 0 bridgehead atoms. The number of amides is 1. The minimum Gasteiger partial charge on any atom is -0.462 e. The molecule has 3 N–H and O–H groups in total. The van der Waals surface area contributed by atoms with Gasteiger partial charge >= 0.3 is 5.97 Å². The van der Waals surface area contributed by atoms with Crippen LogP contribution in [-0.4, -0.2) is 46.9 Å². The highest BCUT2D eigenvalue weighted by molar-refractivity contribution is 5.77. The molecule has 0 saturated carbocycles. The average Bonchev–Trinajstić information content (AvgIpc) is 3.33. The van der Waals surface area contributed by atoms with Gasteiger partial charge in [-0.2, -0.15) is 0 Å². The molecule has 0 aromatic rings. The number of aliphatic hydroxyl groups is 2. The van der Waals surface area contributed by atoms with E-state index >= 15 is 0 Å². The van der Waals surface area contributed by atoms with Crippen LogP contribution in [0.3, 0.4) is 0 Å². The fourth-order valence-electron chi connectivity index (χ4n) is 8.38. The number of aliphatic hydroxyl groups excluding tert-OH is 2. The molecule has 6 heteroatoms. The van der Waals surface area contributed by atoms with Crippen LogP contribution in [0.1, 0.15) is 271 Å². The van der Waals surface area contributed by atoms with Gasteiger partial charge in [0.25, 0.3) is 0 Å². The van der Waals surface area contributed by atoms with Crippen molar-refractivity contribution in [1.82, 2.24) is 5.32 Å². The van der Waals surface area contributed by atoms with Crippen LogP contribution in [0.25, 0.3) is 0 Å². The molecule has 392 valence electrons. The van der Waals surface area contributed by atoms with Crippen LogP contribution in [0.4, 0.5) is 0 Å². The molecule has 68 heavy (non-hydrogen) atoms. The SMILES string of the molecule is CC/C=C\C/C=C\C/C=C\C/C=C\C/C=C\CCCC(=O)OC(CCCCCCC/C=C\C/C=C\CCCCC)CC(=O)NC(CO)C(O)CCCCCCCCCCCCCCCCCCC. The first-order chi connectivity index (χ1) is 33.5. The summed E-state index contributed by atoms with van der Waals surface area (Å²) in [6, 6.07) is -0.723. The molecule has 0 aliphatic rings. The Hall–Kier alpha value is -2.96. The van der Waals surface area contributed by atoms with E-state index in [0.717, 1.165) is 96.3 Å². The Morgan fingerprint density at radius 1 is 0.441 bits per heavy atom. The average molecular weight is 949 g/mol. The second kappa shape index (κ2) is 55.0. The van der Waals surface area contributed by atoms with Crippen molar-refractivity contribution in [3.63, 3.8) is 0 Å². The first-order valence-electron chi connectivity index (χ1n) is 28.8. The van der Waals surface area contributed by atoms with Crippen LogP contribution < -0.4 is 5.32 Å². The number of nitrogens with one attached hydrogen (secondary N) is 1.